The van der Waals surface area contributed by atoms with Gasteiger partial charge in [-0.2, -0.15) is 0 Å². The molecule has 1 aromatic carbocycles. The topological polar surface area (TPSA) is 20.3 Å². The van der Waals surface area contributed by atoms with E-state index < -0.39 is 0 Å². The van der Waals surface area contributed by atoms with Crippen molar-refractivity contribution in [3.8, 4) is 0 Å². The van der Waals surface area contributed by atoms with Crippen LogP contribution in [0, 0.1) is 9.49 Å². The first-order chi connectivity index (χ1) is 7.70. The van der Waals surface area contributed by atoms with E-state index in [9.17, 15) is 4.79 Å². The highest BCUT2D eigenvalue weighted by molar-refractivity contribution is 14.1. The molecule has 0 bridgehead atoms. The van der Waals surface area contributed by atoms with E-state index in [1.807, 2.05) is 29.2 Å². The maximum atomic E-state index is 12.1. The van der Waals surface area contributed by atoms with E-state index >= 15 is 0 Å². The number of rotatable bonds is 2. The Labute approximate surface area is 118 Å². The van der Waals surface area contributed by atoms with Crippen LogP contribution < -0.4 is 0 Å². The van der Waals surface area contributed by atoms with Crippen LogP contribution in [0.4, 0.5) is 0 Å². The van der Waals surface area contributed by atoms with Crippen molar-refractivity contribution in [3.63, 3.8) is 0 Å². The highest BCUT2D eigenvalue weighted by atomic mass is 127. The second-order valence-electron chi connectivity index (χ2n) is 4.07. The molecule has 0 aromatic heterocycles. The maximum absolute atomic E-state index is 12.1. The molecule has 1 saturated heterocycles. The van der Waals surface area contributed by atoms with Gasteiger partial charge in [0.05, 0.1) is 0 Å². The monoisotopic (exact) mass is 393 g/mol. The molecule has 1 fully saturated rings. The fourth-order valence-electron chi connectivity index (χ4n) is 1.92. The lowest BCUT2D eigenvalue weighted by molar-refractivity contribution is 0.0788. The molecular formula is C12H13BrINO. The molecule has 0 radical (unpaired) electrons. The highest BCUT2D eigenvalue weighted by Gasteiger charge is 2.25. The van der Waals surface area contributed by atoms with Crippen molar-refractivity contribution < 1.29 is 4.79 Å². The molecule has 1 unspecified atom stereocenters. The van der Waals surface area contributed by atoms with Gasteiger partial charge in [0.15, 0.2) is 0 Å². The number of hydrogen-bond donors (Lipinski definition) is 0. The van der Waals surface area contributed by atoms with Crippen molar-refractivity contribution in [2.75, 3.05) is 18.4 Å². The molecule has 0 saturated carbocycles. The standard InChI is InChI=1S/C12H13BrINO/c13-7-9-5-6-15(8-9)12(16)10-1-3-11(14)4-2-10/h1-4,9H,5-8H2. The predicted molar refractivity (Wildman–Crippen MR) is 77.0 cm³/mol. The number of likely N-dealkylation sites (tertiary alicyclic amines) is 1. The van der Waals surface area contributed by atoms with Crippen molar-refractivity contribution >= 4 is 44.4 Å². The third-order valence-electron chi connectivity index (χ3n) is 2.88. The lowest BCUT2D eigenvalue weighted by Crippen LogP contribution is -2.28. The number of carbonyl (C=O) groups is 1. The van der Waals surface area contributed by atoms with Crippen molar-refractivity contribution in [2.24, 2.45) is 5.92 Å². The lowest BCUT2D eigenvalue weighted by Gasteiger charge is -2.16. The van der Waals surface area contributed by atoms with Gasteiger partial charge in [0, 0.05) is 27.6 Å². The number of benzene rings is 1. The lowest BCUT2D eigenvalue weighted by atomic mass is 10.2. The molecule has 1 amide bonds. The highest BCUT2D eigenvalue weighted by Crippen LogP contribution is 2.20. The molecule has 4 heteroatoms. The van der Waals surface area contributed by atoms with E-state index in [1.165, 1.54) is 0 Å². The molecule has 1 heterocycles. The molecule has 16 heavy (non-hydrogen) atoms. The van der Waals surface area contributed by atoms with Gasteiger partial charge >= 0.3 is 0 Å². The van der Waals surface area contributed by atoms with Crippen LogP contribution in [0.2, 0.25) is 0 Å². The van der Waals surface area contributed by atoms with Gasteiger partial charge in [-0.1, -0.05) is 15.9 Å². The maximum Gasteiger partial charge on any atom is 0.253 e. The number of alkyl halides is 1. The Balaban J connectivity index is 2.05. The van der Waals surface area contributed by atoms with E-state index in [-0.39, 0.29) is 5.91 Å². The van der Waals surface area contributed by atoms with Gasteiger partial charge in [-0.25, -0.2) is 0 Å². The number of carbonyl (C=O) groups excluding carboxylic acids is 1. The molecular weight excluding hydrogens is 381 g/mol. The van der Waals surface area contributed by atoms with Crippen LogP contribution in [0.3, 0.4) is 0 Å². The first-order valence-corrected chi connectivity index (χ1v) is 7.51. The summed E-state index contributed by atoms with van der Waals surface area (Å²) in [6.07, 6.45) is 1.11. The van der Waals surface area contributed by atoms with Gasteiger partial charge in [0.25, 0.3) is 5.91 Å². The molecule has 1 atom stereocenters. The van der Waals surface area contributed by atoms with E-state index in [1.54, 1.807) is 0 Å². The fourth-order valence-corrected chi connectivity index (χ4v) is 2.81. The summed E-state index contributed by atoms with van der Waals surface area (Å²) in [4.78, 5) is 14.1. The largest absolute Gasteiger partial charge is 0.338 e. The number of nitrogens with zero attached hydrogens (tertiary/aromatic N) is 1. The number of amides is 1. The zero-order chi connectivity index (χ0) is 11.5. The van der Waals surface area contributed by atoms with Gasteiger partial charge in [-0.05, 0) is 59.2 Å². The second-order valence-corrected chi connectivity index (χ2v) is 5.96. The van der Waals surface area contributed by atoms with Crippen LogP contribution in [0.1, 0.15) is 16.8 Å². The van der Waals surface area contributed by atoms with Gasteiger partial charge < -0.3 is 4.90 Å². The van der Waals surface area contributed by atoms with Crippen LogP contribution in [0.5, 0.6) is 0 Å². The fraction of sp³-hybridized carbons (Fsp3) is 0.417. The van der Waals surface area contributed by atoms with Gasteiger partial charge in [0.2, 0.25) is 0 Å². The summed E-state index contributed by atoms with van der Waals surface area (Å²) in [5.41, 5.74) is 0.802. The average Bonchev–Trinajstić information content (AvgIpc) is 2.77. The smallest absolute Gasteiger partial charge is 0.253 e. The minimum Gasteiger partial charge on any atom is -0.338 e. The molecule has 2 rings (SSSR count). The number of halogens is 2. The molecule has 1 aliphatic heterocycles. The Morgan fingerprint density at radius 3 is 2.69 bits per heavy atom. The molecule has 0 aliphatic carbocycles. The van der Waals surface area contributed by atoms with E-state index in [0.717, 1.165) is 34.0 Å². The minimum atomic E-state index is 0.167. The van der Waals surface area contributed by atoms with Crippen molar-refractivity contribution in [3.05, 3.63) is 33.4 Å². The van der Waals surface area contributed by atoms with E-state index in [4.69, 9.17) is 0 Å². The Kier molecular flexibility index (Phi) is 4.24. The summed E-state index contributed by atoms with van der Waals surface area (Å²) in [7, 11) is 0. The Morgan fingerprint density at radius 1 is 1.44 bits per heavy atom. The van der Waals surface area contributed by atoms with Crippen LogP contribution in [-0.2, 0) is 0 Å². The van der Waals surface area contributed by atoms with Gasteiger partial charge in [0.1, 0.15) is 0 Å². The third-order valence-corrected chi connectivity index (χ3v) is 4.52. The predicted octanol–water partition coefficient (Wildman–Crippen LogP) is 3.15. The van der Waals surface area contributed by atoms with Crippen LogP contribution >= 0.6 is 38.5 Å². The normalized spacial score (nSPS) is 20.1. The number of hydrogen-bond acceptors (Lipinski definition) is 1. The molecule has 0 N–H and O–H groups in total. The summed E-state index contributed by atoms with van der Waals surface area (Å²) in [6, 6.07) is 7.77. The zero-order valence-corrected chi connectivity index (χ0v) is 12.6. The first-order valence-electron chi connectivity index (χ1n) is 5.31. The van der Waals surface area contributed by atoms with Crippen molar-refractivity contribution in [1.29, 1.82) is 0 Å². The third kappa shape index (κ3) is 2.77. The summed E-state index contributed by atoms with van der Waals surface area (Å²) in [6.45, 7) is 1.77. The molecule has 2 nitrogen and oxygen atoms in total. The average molecular weight is 394 g/mol. The van der Waals surface area contributed by atoms with E-state index in [2.05, 4.69) is 38.5 Å². The summed E-state index contributed by atoms with van der Waals surface area (Å²) in [5, 5.41) is 0.990. The van der Waals surface area contributed by atoms with Crippen LogP contribution in [0.25, 0.3) is 0 Å². The van der Waals surface area contributed by atoms with Crippen molar-refractivity contribution in [2.45, 2.75) is 6.42 Å². The second kappa shape index (κ2) is 5.49. The zero-order valence-electron chi connectivity index (χ0n) is 8.83. The summed E-state index contributed by atoms with van der Waals surface area (Å²) < 4.78 is 1.16. The van der Waals surface area contributed by atoms with Crippen molar-refractivity contribution in [1.82, 2.24) is 4.90 Å². The SMILES string of the molecule is O=C(c1ccc(I)cc1)N1CCC(CBr)C1. The quantitative estimate of drug-likeness (QED) is 0.558. The Bertz CT molecular complexity index is 379. The Hall–Kier alpha value is -0.100. The molecule has 1 aromatic rings. The first kappa shape index (κ1) is 12.4. The van der Waals surface area contributed by atoms with E-state index in [0.29, 0.717) is 5.92 Å². The summed E-state index contributed by atoms with van der Waals surface area (Å²) >= 11 is 5.73. The van der Waals surface area contributed by atoms with Crippen LogP contribution in [0.15, 0.2) is 24.3 Å². The molecule has 1 aliphatic rings. The van der Waals surface area contributed by atoms with Gasteiger partial charge in [-0.15, -0.1) is 0 Å². The minimum absolute atomic E-state index is 0.167. The molecule has 86 valence electrons. The van der Waals surface area contributed by atoms with Gasteiger partial charge in [-0.3, -0.25) is 4.79 Å². The Morgan fingerprint density at radius 2 is 2.12 bits per heavy atom. The summed E-state index contributed by atoms with van der Waals surface area (Å²) in [5.74, 6) is 0.785. The molecule has 0 spiro atoms. The van der Waals surface area contributed by atoms with Crippen LogP contribution in [-0.4, -0.2) is 29.2 Å².